The Hall–Kier alpha value is -1.36. The molecule has 0 aliphatic carbocycles. The van der Waals surface area contributed by atoms with Crippen molar-refractivity contribution in [3.63, 3.8) is 0 Å². The average Bonchev–Trinajstić information content (AvgIpc) is 2.16. The molecule has 1 N–H and O–H groups in total. The van der Waals surface area contributed by atoms with Gasteiger partial charge in [0.25, 0.3) is 0 Å². The lowest BCUT2D eigenvalue weighted by molar-refractivity contribution is -0.138. The zero-order chi connectivity index (χ0) is 11.1. The van der Waals surface area contributed by atoms with Gasteiger partial charge in [0, 0.05) is 12.1 Å². The number of hydrogen-bond donors (Lipinski definition) is 1. The molecule has 0 saturated carbocycles. The minimum absolute atomic E-state index is 0.0277. The SMILES string of the molecule is O=C1CNCc2cccc(C(F)(F)F)c21. The van der Waals surface area contributed by atoms with Gasteiger partial charge in [-0.15, -0.1) is 0 Å². The van der Waals surface area contributed by atoms with Crippen LogP contribution < -0.4 is 5.32 Å². The van der Waals surface area contributed by atoms with E-state index in [2.05, 4.69) is 5.32 Å². The van der Waals surface area contributed by atoms with Gasteiger partial charge in [-0.25, -0.2) is 0 Å². The number of carbonyl (C=O) groups is 1. The maximum absolute atomic E-state index is 12.6. The van der Waals surface area contributed by atoms with E-state index in [1.165, 1.54) is 12.1 Å². The van der Waals surface area contributed by atoms with Gasteiger partial charge in [0.15, 0.2) is 5.78 Å². The smallest absolute Gasteiger partial charge is 0.306 e. The van der Waals surface area contributed by atoms with E-state index in [0.717, 1.165) is 6.07 Å². The zero-order valence-electron chi connectivity index (χ0n) is 7.69. The minimum atomic E-state index is -4.46. The zero-order valence-corrected chi connectivity index (χ0v) is 7.69. The minimum Gasteiger partial charge on any atom is -0.306 e. The molecular weight excluding hydrogens is 207 g/mol. The first-order valence-electron chi connectivity index (χ1n) is 4.43. The molecule has 1 aliphatic heterocycles. The van der Waals surface area contributed by atoms with E-state index in [9.17, 15) is 18.0 Å². The number of Topliss-reactive ketones (excluding diaryl/α,β-unsaturated/α-hetero) is 1. The highest BCUT2D eigenvalue weighted by atomic mass is 19.4. The van der Waals surface area contributed by atoms with Crippen LogP contribution in [0.2, 0.25) is 0 Å². The molecule has 0 atom stereocenters. The highest BCUT2D eigenvalue weighted by molar-refractivity contribution is 6.01. The molecule has 0 radical (unpaired) electrons. The van der Waals surface area contributed by atoms with Gasteiger partial charge in [-0.2, -0.15) is 13.2 Å². The summed E-state index contributed by atoms with van der Waals surface area (Å²) in [7, 11) is 0. The van der Waals surface area contributed by atoms with Gasteiger partial charge in [-0.3, -0.25) is 4.79 Å². The lowest BCUT2D eigenvalue weighted by atomic mass is 9.94. The second kappa shape index (κ2) is 3.34. The first kappa shape index (κ1) is 10.2. The van der Waals surface area contributed by atoms with Gasteiger partial charge >= 0.3 is 6.18 Å². The molecule has 2 rings (SSSR count). The Morgan fingerprint density at radius 2 is 1.93 bits per heavy atom. The number of fused-ring (bicyclic) bond motifs is 1. The van der Waals surface area contributed by atoms with Crippen molar-refractivity contribution in [1.29, 1.82) is 0 Å². The van der Waals surface area contributed by atoms with E-state index in [-0.39, 0.29) is 12.1 Å². The van der Waals surface area contributed by atoms with Gasteiger partial charge < -0.3 is 5.32 Å². The second-order valence-electron chi connectivity index (χ2n) is 3.36. The summed E-state index contributed by atoms with van der Waals surface area (Å²) in [5, 5.41) is 2.75. The standard InChI is InChI=1S/C10H8F3NO/c11-10(12,13)7-3-1-2-6-4-14-5-8(15)9(6)7/h1-3,14H,4-5H2. The molecule has 1 aromatic rings. The molecule has 0 fully saturated rings. The predicted octanol–water partition coefficient (Wildman–Crippen LogP) is 1.99. The van der Waals surface area contributed by atoms with E-state index in [4.69, 9.17) is 0 Å². The highest BCUT2D eigenvalue weighted by Gasteiger charge is 2.36. The maximum Gasteiger partial charge on any atom is 0.417 e. The molecule has 0 saturated heterocycles. The number of rotatable bonds is 0. The lowest BCUT2D eigenvalue weighted by Crippen LogP contribution is -2.32. The van der Waals surface area contributed by atoms with Crippen LogP contribution in [0.15, 0.2) is 18.2 Å². The van der Waals surface area contributed by atoms with E-state index < -0.39 is 17.5 Å². The fraction of sp³-hybridized carbons (Fsp3) is 0.300. The Morgan fingerprint density at radius 1 is 1.20 bits per heavy atom. The third-order valence-corrected chi connectivity index (χ3v) is 2.34. The van der Waals surface area contributed by atoms with Gasteiger partial charge in [-0.05, 0) is 11.6 Å². The van der Waals surface area contributed by atoms with Crippen LogP contribution in [0, 0.1) is 0 Å². The Bertz CT molecular complexity index is 412. The van der Waals surface area contributed by atoms with Crippen LogP contribution in [0.25, 0.3) is 0 Å². The summed E-state index contributed by atoms with van der Waals surface area (Å²) in [6.45, 7) is 0.283. The third-order valence-electron chi connectivity index (χ3n) is 2.34. The van der Waals surface area contributed by atoms with Crippen molar-refractivity contribution in [2.75, 3.05) is 6.54 Å². The third kappa shape index (κ3) is 1.74. The van der Waals surface area contributed by atoms with E-state index in [1.807, 2.05) is 0 Å². The topological polar surface area (TPSA) is 29.1 Å². The summed E-state index contributed by atoms with van der Waals surface area (Å²) in [4.78, 5) is 11.4. The van der Waals surface area contributed by atoms with Gasteiger partial charge in [0.2, 0.25) is 0 Å². The Morgan fingerprint density at radius 3 is 2.60 bits per heavy atom. The number of ketones is 1. The number of hydrogen-bond acceptors (Lipinski definition) is 2. The first-order chi connectivity index (χ1) is 7.00. The van der Waals surface area contributed by atoms with Crippen molar-refractivity contribution in [3.05, 3.63) is 34.9 Å². The molecular formula is C10H8F3NO. The van der Waals surface area contributed by atoms with Crippen molar-refractivity contribution < 1.29 is 18.0 Å². The van der Waals surface area contributed by atoms with Crippen LogP contribution >= 0.6 is 0 Å². The summed E-state index contributed by atoms with van der Waals surface area (Å²) < 4.78 is 37.7. The summed E-state index contributed by atoms with van der Waals surface area (Å²) >= 11 is 0. The van der Waals surface area contributed by atoms with Crippen LogP contribution in [0.5, 0.6) is 0 Å². The maximum atomic E-state index is 12.6. The van der Waals surface area contributed by atoms with E-state index >= 15 is 0 Å². The van der Waals surface area contributed by atoms with Gasteiger partial charge in [-0.1, -0.05) is 12.1 Å². The lowest BCUT2D eigenvalue weighted by Gasteiger charge is -2.20. The highest BCUT2D eigenvalue weighted by Crippen LogP contribution is 2.34. The largest absolute Gasteiger partial charge is 0.417 e. The molecule has 5 heteroatoms. The molecule has 0 unspecified atom stereocenters. The van der Waals surface area contributed by atoms with E-state index in [1.54, 1.807) is 0 Å². The number of carbonyl (C=O) groups excluding carboxylic acids is 1. The van der Waals surface area contributed by atoms with Crippen molar-refractivity contribution in [1.82, 2.24) is 5.32 Å². The molecule has 15 heavy (non-hydrogen) atoms. The van der Waals surface area contributed by atoms with Crippen LogP contribution in [0.4, 0.5) is 13.2 Å². The predicted molar refractivity (Wildman–Crippen MR) is 47.5 cm³/mol. The van der Waals surface area contributed by atoms with Crippen LogP contribution in [0.1, 0.15) is 21.5 Å². The Balaban J connectivity index is 2.62. The normalized spacial score (nSPS) is 16.3. The molecule has 0 spiro atoms. The number of alkyl halides is 3. The van der Waals surface area contributed by atoms with Gasteiger partial charge in [0.05, 0.1) is 12.1 Å². The van der Waals surface area contributed by atoms with Crippen LogP contribution in [0.3, 0.4) is 0 Å². The number of nitrogens with one attached hydrogen (secondary N) is 1. The monoisotopic (exact) mass is 215 g/mol. The second-order valence-corrected chi connectivity index (χ2v) is 3.36. The van der Waals surface area contributed by atoms with Gasteiger partial charge in [0.1, 0.15) is 0 Å². The fourth-order valence-corrected chi connectivity index (χ4v) is 1.71. The summed E-state index contributed by atoms with van der Waals surface area (Å²) in [5.74, 6) is -0.496. The summed E-state index contributed by atoms with van der Waals surface area (Å²) in [6.07, 6.45) is -4.46. The molecule has 1 aliphatic rings. The number of halogens is 3. The molecule has 1 heterocycles. The molecule has 2 nitrogen and oxygen atoms in total. The molecule has 80 valence electrons. The number of benzene rings is 1. The fourth-order valence-electron chi connectivity index (χ4n) is 1.71. The molecule has 0 amide bonds. The summed E-state index contributed by atoms with van der Waals surface area (Å²) in [5.41, 5.74) is -0.587. The summed E-state index contributed by atoms with van der Waals surface area (Å²) in [6, 6.07) is 3.80. The van der Waals surface area contributed by atoms with Crippen molar-refractivity contribution in [2.45, 2.75) is 12.7 Å². The molecule has 1 aromatic carbocycles. The Labute approximate surface area is 84.1 Å². The Kier molecular flexibility index (Phi) is 2.26. The van der Waals surface area contributed by atoms with Crippen LogP contribution in [-0.2, 0) is 12.7 Å². The molecule has 0 bridgehead atoms. The van der Waals surface area contributed by atoms with E-state index in [0.29, 0.717) is 12.1 Å². The quantitative estimate of drug-likeness (QED) is 0.717. The molecule has 0 aromatic heterocycles. The van der Waals surface area contributed by atoms with Crippen molar-refractivity contribution >= 4 is 5.78 Å². The van der Waals surface area contributed by atoms with Crippen molar-refractivity contribution in [3.8, 4) is 0 Å². The van der Waals surface area contributed by atoms with Crippen LogP contribution in [-0.4, -0.2) is 12.3 Å². The first-order valence-corrected chi connectivity index (χ1v) is 4.43. The average molecular weight is 215 g/mol. The van der Waals surface area contributed by atoms with Crippen molar-refractivity contribution in [2.24, 2.45) is 0 Å².